The van der Waals surface area contributed by atoms with Gasteiger partial charge in [-0.3, -0.25) is 0 Å². The van der Waals surface area contributed by atoms with Crippen LogP contribution in [0.5, 0.6) is 0 Å². The van der Waals surface area contributed by atoms with Crippen LogP contribution in [-0.4, -0.2) is 23.8 Å². The third kappa shape index (κ3) is 2.46. The first kappa shape index (κ1) is 14.0. The number of halogens is 1. The molecule has 2 nitrogen and oxygen atoms in total. The van der Waals surface area contributed by atoms with Crippen molar-refractivity contribution >= 4 is 39.6 Å². The highest BCUT2D eigenvalue weighted by molar-refractivity contribution is 8.93. The molecule has 0 spiro atoms. The Bertz CT molecular complexity index is 523. The van der Waals surface area contributed by atoms with E-state index in [1.165, 1.54) is 33.7 Å². The van der Waals surface area contributed by atoms with Crippen LogP contribution < -0.4 is 5.32 Å². The molecule has 1 aromatic heterocycles. The summed E-state index contributed by atoms with van der Waals surface area (Å²) < 4.78 is 0. The molecule has 0 saturated heterocycles. The van der Waals surface area contributed by atoms with E-state index in [0.29, 0.717) is 5.92 Å². The predicted octanol–water partition coefficient (Wildman–Crippen LogP) is 3.93. The number of fused-ring (bicyclic) bond motifs is 3. The van der Waals surface area contributed by atoms with Gasteiger partial charge in [-0.2, -0.15) is 0 Å². The van der Waals surface area contributed by atoms with Crippen LogP contribution in [0.2, 0.25) is 0 Å². The van der Waals surface area contributed by atoms with Gasteiger partial charge in [0.05, 0.1) is 5.03 Å². The summed E-state index contributed by atoms with van der Waals surface area (Å²) in [6.07, 6.45) is 1.28. The fourth-order valence-electron chi connectivity index (χ4n) is 2.63. The minimum atomic E-state index is 0. The van der Waals surface area contributed by atoms with Crippen molar-refractivity contribution in [2.75, 3.05) is 18.8 Å². The van der Waals surface area contributed by atoms with Gasteiger partial charge in [0, 0.05) is 29.1 Å². The fraction of sp³-hybridized carbons (Fsp3) is 0.429. The number of benzene rings is 1. The number of aromatic nitrogens is 1. The van der Waals surface area contributed by atoms with Crippen LogP contribution in [0.1, 0.15) is 24.8 Å². The lowest BCUT2D eigenvalue weighted by atomic mass is 9.95. The summed E-state index contributed by atoms with van der Waals surface area (Å²) in [5.41, 5.74) is 2.83. The zero-order chi connectivity index (χ0) is 11.7. The number of nitrogens with one attached hydrogen (secondary N) is 2. The average Bonchev–Trinajstić information content (AvgIpc) is 2.75. The van der Waals surface area contributed by atoms with Gasteiger partial charge in [-0.15, -0.1) is 28.7 Å². The second-order valence-electron chi connectivity index (χ2n) is 4.56. The first-order valence-electron chi connectivity index (χ1n) is 6.34. The maximum Gasteiger partial charge on any atom is 0.0768 e. The smallest absolute Gasteiger partial charge is 0.0768 e. The number of rotatable bonds is 3. The lowest BCUT2D eigenvalue weighted by Gasteiger charge is -2.22. The number of para-hydroxylation sites is 1. The van der Waals surface area contributed by atoms with Crippen LogP contribution in [0.4, 0.5) is 0 Å². The van der Waals surface area contributed by atoms with E-state index in [4.69, 9.17) is 0 Å². The molecule has 2 aromatic rings. The summed E-state index contributed by atoms with van der Waals surface area (Å²) in [5, 5.41) is 6.29. The summed E-state index contributed by atoms with van der Waals surface area (Å²) in [6, 6.07) is 8.67. The lowest BCUT2D eigenvalue weighted by Crippen LogP contribution is -2.23. The third-order valence-corrected chi connectivity index (χ3v) is 4.52. The zero-order valence-electron chi connectivity index (χ0n) is 10.5. The van der Waals surface area contributed by atoms with E-state index in [2.05, 4.69) is 41.5 Å². The molecule has 0 saturated carbocycles. The standard InChI is InChI=1S/C14H18N2S.BrH/c1-2-15-9-10-7-8-17-14-13(10)11-5-3-4-6-12(11)16-14;/h3-6,10,15-16H,2,7-9H2,1H3;1H. The first-order chi connectivity index (χ1) is 8.40. The second kappa shape index (κ2) is 6.13. The summed E-state index contributed by atoms with van der Waals surface area (Å²) >= 11 is 1.97. The number of aromatic amines is 1. The molecular weight excluding hydrogens is 308 g/mol. The van der Waals surface area contributed by atoms with Gasteiger partial charge in [0.2, 0.25) is 0 Å². The second-order valence-corrected chi connectivity index (χ2v) is 5.66. The number of likely N-dealkylation sites (N-methyl/N-ethyl adjacent to an activating group) is 1. The van der Waals surface area contributed by atoms with Crippen LogP contribution in [-0.2, 0) is 0 Å². The fourth-order valence-corrected chi connectivity index (χ4v) is 3.85. The molecule has 0 fully saturated rings. The van der Waals surface area contributed by atoms with Crippen LogP contribution in [0, 0.1) is 0 Å². The number of hydrogen-bond donors (Lipinski definition) is 2. The summed E-state index contributed by atoms with van der Waals surface area (Å²) in [4.78, 5) is 3.56. The summed E-state index contributed by atoms with van der Waals surface area (Å²) in [6.45, 7) is 4.33. The van der Waals surface area contributed by atoms with Gasteiger partial charge >= 0.3 is 0 Å². The maximum absolute atomic E-state index is 3.56. The van der Waals surface area contributed by atoms with Crippen LogP contribution in [0.25, 0.3) is 10.9 Å². The minimum absolute atomic E-state index is 0. The Morgan fingerprint density at radius 3 is 3.06 bits per heavy atom. The largest absolute Gasteiger partial charge is 0.349 e. The third-order valence-electron chi connectivity index (χ3n) is 3.47. The predicted molar refractivity (Wildman–Crippen MR) is 85.2 cm³/mol. The van der Waals surface area contributed by atoms with Crippen molar-refractivity contribution in [3.05, 3.63) is 29.8 Å². The Morgan fingerprint density at radius 2 is 2.22 bits per heavy atom. The molecule has 18 heavy (non-hydrogen) atoms. The molecule has 1 atom stereocenters. The molecule has 4 heteroatoms. The van der Waals surface area contributed by atoms with Crippen molar-refractivity contribution in [1.29, 1.82) is 0 Å². The summed E-state index contributed by atoms with van der Waals surface area (Å²) in [7, 11) is 0. The van der Waals surface area contributed by atoms with Gasteiger partial charge in [-0.05, 0) is 24.6 Å². The molecule has 98 valence electrons. The van der Waals surface area contributed by atoms with Crippen molar-refractivity contribution in [1.82, 2.24) is 10.3 Å². The van der Waals surface area contributed by atoms with E-state index in [1.807, 2.05) is 11.8 Å². The molecule has 3 rings (SSSR count). The van der Waals surface area contributed by atoms with Gasteiger partial charge < -0.3 is 10.3 Å². The Morgan fingerprint density at radius 1 is 1.39 bits per heavy atom. The topological polar surface area (TPSA) is 27.8 Å². The van der Waals surface area contributed by atoms with Gasteiger partial charge in [-0.25, -0.2) is 0 Å². The van der Waals surface area contributed by atoms with Crippen LogP contribution in [0.3, 0.4) is 0 Å². The van der Waals surface area contributed by atoms with Gasteiger partial charge in [0.15, 0.2) is 0 Å². The Hall–Kier alpha value is -0.450. The first-order valence-corrected chi connectivity index (χ1v) is 7.33. The van der Waals surface area contributed by atoms with Crippen molar-refractivity contribution < 1.29 is 0 Å². The monoisotopic (exact) mass is 326 g/mol. The van der Waals surface area contributed by atoms with E-state index < -0.39 is 0 Å². The van der Waals surface area contributed by atoms with Gasteiger partial charge in [0.25, 0.3) is 0 Å². The molecule has 1 unspecified atom stereocenters. The highest BCUT2D eigenvalue weighted by atomic mass is 79.9. The van der Waals surface area contributed by atoms with Gasteiger partial charge in [-0.1, -0.05) is 25.1 Å². The Balaban J connectivity index is 0.00000120. The molecule has 0 radical (unpaired) electrons. The van der Waals surface area contributed by atoms with Crippen molar-refractivity contribution in [2.45, 2.75) is 24.3 Å². The normalized spacial score (nSPS) is 18.4. The number of thioether (sulfide) groups is 1. The van der Waals surface area contributed by atoms with E-state index in [1.54, 1.807) is 0 Å². The maximum atomic E-state index is 3.56. The highest BCUT2D eigenvalue weighted by Crippen LogP contribution is 2.41. The molecule has 0 bridgehead atoms. The molecule has 0 aliphatic carbocycles. The van der Waals surface area contributed by atoms with E-state index in [0.717, 1.165) is 13.1 Å². The van der Waals surface area contributed by atoms with Crippen molar-refractivity contribution in [3.63, 3.8) is 0 Å². The van der Waals surface area contributed by atoms with E-state index in [-0.39, 0.29) is 17.0 Å². The molecule has 1 aliphatic rings. The van der Waals surface area contributed by atoms with E-state index >= 15 is 0 Å². The van der Waals surface area contributed by atoms with Crippen LogP contribution >= 0.6 is 28.7 Å². The molecular formula is C14H19BrN2S. The van der Waals surface area contributed by atoms with Crippen LogP contribution in [0.15, 0.2) is 29.3 Å². The summed E-state index contributed by atoms with van der Waals surface area (Å²) in [5.74, 6) is 1.90. The van der Waals surface area contributed by atoms with Gasteiger partial charge in [0.1, 0.15) is 0 Å². The lowest BCUT2D eigenvalue weighted by molar-refractivity contribution is 0.576. The Kier molecular flexibility index (Phi) is 4.76. The average molecular weight is 327 g/mol. The SMILES string of the molecule is Br.CCNCC1CCSc2[nH]c3ccccc3c21. The molecule has 1 aromatic carbocycles. The minimum Gasteiger partial charge on any atom is -0.349 e. The highest BCUT2D eigenvalue weighted by Gasteiger charge is 2.24. The van der Waals surface area contributed by atoms with E-state index in [9.17, 15) is 0 Å². The number of H-pyrrole nitrogens is 1. The molecule has 2 heterocycles. The van der Waals surface area contributed by atoms with Crippen molar-refractivity contribution in [3.8, 4) is 0 Å². The zero-order valence-corrected chi connectivity index (χ0v) is 13.1. The molecule has 1 aliphatic heterocycles. The quantitative estimate of drug-likeness (QED) is 0.894. The van der Waals surface area contributed by atoms with Crippen molar-refractivity contribution in [2.24, 2.45) is 0 Å². The Labute approximate surface area is 123 Å². The molecule has 2 N–H and O–H groups in total. The number of hydrogen-bond acceptors (Lipinski definition) is 2. The molecule has 0 amide bonds.